The van der Waals surface area contributed by atoms with Crippen molar-refractivity contribution in [3.63, 3.8) is 0 Å². The Hall–Kier alpha value is -1.58. The number of aromatic nitrogens is 1. The first-order valence-electron chi connectivity index (χ1n) is 4.40. The minimum atomic E-state index is -0.455. The van der Waals surface area contributed by atoms with Crippen LogP contribution in [0.4, 0.5) is 0 Å². The highest BCUT2D eigenvalue weighted by Crippen LogP contribution is 2.05. The number of hydroxylamine groups is 1. The van der Waals surface area contributed by atoms with Crippen molar-refractivity contribution in [2.75, 3.05) is 0 Å². The summed E-state index contributed by atoms with van der Waals surface area (Å²) in [5, 5.41) is 22.2. The van der Waals surface area contributed by atoms with Gasteiger partial charge in [-0.15, -0.1) is 0 Å². The van der Waals surface area contributed by atoms with E-state index in [0.717, 1.165) is 10.3 Å². The van der Waals surface area contributed by atoms with Gasteiger partial charge in [-0.1, -0.05) is 0 Å². The Morgan fingerprint density at radius 3 is 2.21 bits per heavy atom. The van der Waals surface area contributed by atoms with Gasteiger partial charge in [-0.2, -0.15) is 4.73 Å². The average Bonchev–Trinajstić information content (AvgIpc) is 2.07. The third-order valence-electron chi connectivity index (χ3n) is 1.76. The number of pyridine rings is 1. The smallest absolute Gasteiger partial charge is 0.182 e. The van der Waals surface area contributed by atoms with E-state index in [1.165, 1.54) is 18.6 Å². The lowest BCUT2D eigenvalue weighted by Gasteiger charge is -2.18. The SMILES string of the molecule is CC(C)(C)/[N+]([O-])=[14CH]\c1cc[n+]([O-])cc1. The Labute approximate surface area is 83.3 Å². The fraction of sp³-hybridized carbons (Fsp3) is 0.400. The zero-order chi connectivity index (χ0) is 10.8. The van der Waals surface area contributed by atoms with Gasteiger partial charge >= 0.3 is 0 Å². The van der Waals surface area contributed by atoms with Crippen molar-refractivity contribution in [3.05, 3.63) is 40.5 Å². The standard InChI is InChI=1S/C10H14N2O2/c1-10(2,3)12(14)8-9-4-6-11(13)7-5-9/h4-8H,1-3H3/b12-8+/i8+2. The summed E-state index contributed by atoms with van der Waals surface area (Å²) in [5.41, 5.74) is 0.269. The zero-order valence-corrected chi connectivity index (χ0v) is 8.60. The van der Waals surface area contributed by atoms with Gasteiger partial charge in [0.25, 0.3) is 0 Å². The van der Waals surface area contributed by atoms with Crippen molar-refractivity contribution in [1.82, 2.24) is 0 Å². The van der Waals surface area contributed by atoms with Gasteiger partial charge in [0.15, 0.2) is 24.1 Å². The largest absolute Gasteiger partial charge is 0.623 e. The maximum Gasteiger partial charge on any atom is 0.182 e. The Morgan fingerprint density at radius 1 is 1.29 bits per heavy atom. The summed E-state index contributed by atoms with van der Waals surface area (Å²) in [4.78, 5) is 0. The Kier molecular flexibility index (Phi) is 2.74. The Balaban J connectivity index is 2.93. The number of hydrogen-bond acceptors (Lipinski definition) is 2. The first-order valence-corrected chi connectivity index (χ1v) is 4.40. The molecule has 0 amide bonds. The van der Waals surface area contributed by atoms with Crippen LogP contribution in [0.1, 0.15) is 26.3 Å². The molecule has 0 saturated carbocycles. The molecule has 14 heavy (non-hydrogen) atoms. The summed E-state index contributed by atoms with van der Waals surface area (Å²) in [7, 11) is 0. The Bertz CT molecular complexity index is 336. The highest BCUT2D eigenvalue weighted by atomic mass is 16.5. The molecule has 4 heteroatoms. The highest BCUT2D eigenvalue weighted by molar-refractivity contribution is 5.75. The molecule has 0 unspecified atom stereocenters. The van der Waals surface area contributed by atoms with Gasteiger partial charge < -0.3 is 10.4 Å². The molecular formula is C10H14N2O2. The van der Waals surface area contributed by atoms with E-state index in [1.807, 2.05) is 20.8 Å². The molecule has 0 saturated heterocycles. The van der Waals surface area contributed by atoms with Crippen LogP contribution in [0.2, 0.25) is 0 Å². The molecule has 1 rings (SSSR count). The third-order valence-corrected chi connectivity index (χ3v) is 1.76. The second kappa shape index (κ2) is 3.65. The van der Waals surface area contributed by atoms with Crippen molar-refractivity contribution in [3.8, 4) is 0 Å². The van der Waals surface area contributed by atoms with Crippen molar-refractivity contribution in [1.29, 1.82) is 0 Å². The minimum absolute atomic E-state index is 0.455. The third kappa shape index (κ3) is 2.73. The first-order chi connectivity index (χ1) is 6.39. The molecular weight excluding hydrogens is 182 g/mol. The molecule has 4 nitrogen and oxygen atoms in total. The van der Waals surface area contributed by atoms with Gasteiger partial charge in [0, 0.05) is 32.9 Å². The molecule has 1 aromatic heterocycles. The van der Waals surface area contributed by atoms with Gasteiger partial charge in [-0.3, -0.25) is 0 Å². The summed E-state index contributed by atoms with van der Waals surface area (Å²) in [6.45, 7) is 5.48. The van der Waals surface area contributed by atoms with Crippen LogP contribution in [0.15, 0.2) is 24.5 Å². The molecule has 0 bridgehead atoms. The van der Waals surface area contributed by atoms with Crippen molar-refractivity contribution in [2.24, 2.45) is 0 Å². The maximum atomic E-state index is 11.5. The molecule has 0 fully saturated rings. The second-order valence-corrected chi connectivity index (χ2v) is 4.12. The predicted molar refractivity (Wildman–Crippen MR) is 53.9 cm³/mol. The first kappa shape index (κ1) is 10.5. The monoisotopic (exact) mass is 196 g/mol. The van der Waals surface area contributed by atoms with E-state index in [9.17, 15) is 10.4 Å². The topological polar surface area (TPSA) is 53.0 Å². The molecule has 0 aliphatic carbocycles. The quantitative estimate of drug-likeness (QED) is 0.292. The van der Waals surface area contributed by atoms with E-state index >= 15 is 0 Å². The van der Waals surface area contributed by atoms with Crippen molar-refractivity contribution >= 4 is 6.21 Å². The number of rotatable bonds is 1. The zero-order valence-electron chi connectivity index (χ0n) is 8.60. The normalized spacial score (nSPS) is 12.9. The maximum absolute atomic E-state index is 11.5. The summed E-state index contributed by atoms with van der Waals surface area (Å²) in [5.74, 6) is 0. The van der Waals surface area contributed by atoms with Crippen molar-refractivity contribution < 1.29 is 9.47 Å². The van der Waals surface area contributed by atoms with E-state index in [-0.39, 0.29) is 0 Å². The van der Waals surface area contributed by atoms with Crippen LogP contribution in [0.25, 0.3) is 0 Å². The van der Waals surface area contributed by atoms with Crippen LogP contribution >= 0.6 is 0 Å². The molecule has 0 aliphatic heterocycles. The van der Waals surface area contributed by atoms with Crippen LogP contribution < -0.4 is 4.73 Å². The molecule has 0 N–H and O–H groups in total. The number of nitrogens with zero attached hydrogens (tertiary/aromatic N) is 2. The number of hydrogen-bond donors (Lipinski definition) is 0. The van der Waals surface area contributed by atoms with Crippen LogP contribution in [-0.4, -0.2) is 16.5 Å². The summed E-state index contributed by atoms with van der Waals surface area (Å²) in [6, 6.07) is 3.20. The fourth-order valence-corrected chi connectivity index (χ4v) is 0.839. The van der Waals surface area contributed by atoms with Crippen LogP contribution in [0, 0.1) is 10.4 Å². The lowest BCUT2D eigenvalue weighted by Crippen LogP contribution is -2.30. The molecule has 76 valence electrons. The van der Waals surface area contributed by atoms with Crippen LogP contribution in [0.5, 0.6) is 0 Å². The van der Waals surface area contributed by atoms with E-state index in [2.05, 4.69) is 0 Å². The van der Waals surface area contributed by atoms with Gasteiger partial charge in [0.05, 0.1) is 5.56 Å². The van der Waals surface area contributed by atoms with E-state index in [4.69, 9.17) is 0 Å². The summed E-state index contributed by atoms with van der Waals surface area (Å²) < 4.78 is 1.56. The van der Waals surface area contributed by atoms with Crippen LogP contribution in [0.3, 0.4) is 0 Å². The molecule has 0 radical (unpaired) electrons. The van der Waals surface area contributed by atoms with Crippen molar-refractivity contribution in [2.45, 2.75) is 26.3 Å². The predicted octanol–water partition coefficient (Wildman–Crippen LogP) is 1.05. The average molecular weight is 196 g/mol. The summed E-state index contributed by atoms with van der Waals surface area (Å²) >= 11 is 0. The lowest BCUT2D eigenvalue weighted by atomic mass is 10.1. The molecule has 0 aromatic carbocycles. The molecule has 1 heterocycles. The van der Waals surface area contributed by atoms with E-state index < -0.39 is 5.54 Å². The van der Waals surface area contributed by atoms with Gasteiger partial charge in [-0.25, -0.2) is 4.74 Å². The molecule has 0 aliphatic rings. The lowest BCUT2D eigenvalue weighted by molar-refractivity contribution is -0.605. The molecule has 0 spiro atoms. The van der Waals surface area contributed by atoms with Crippen LogP contribution in [-0.2, 0) is 0 Å². The molecule has 1 aromatic rings. The minimum Gasteiger partial charge on any atom is -0.623 e. The summed E-state index contributed by atoms with van der Waals surface area (Å²) in [6.07, 6.45) is 4.20. The van der Waals surface area contributed by atoms with Gasteiger partial charge in [0.1, 0.15) is 0 Å². The second-order valence-electron chi connectivity index (χ2n) is 4.12. The van der Waals surface area contributed by atoms with E-state index in [0.29, 0.717) is 4.73 Å². The fourth-order valence-electron chi connectivity index (χ4n) is 0.839. The van der Waals surface area contributed by atoms with E-state index in [1.54, 1.807) is 12.1 Å². The van der Waals surface area contributed by atoms with Gasteiger partial charge in [-0.05, 0) is 0 Å². The molecule has 0 atom stereocenters. The highest BCUT2D eigenvalue weighted by Gasteiger charge is 2.17. The Morgan fingerprint density at radius 2 is 1.79 bits per heavy atom. The van der Waals surface area contributed by atoms with Gasteiger partial charge in [0.2, 0.25) is 0 Å².